The number of thiophene rings is 1. The van der Waals surface area contributed by atoms with Crippen LogP contribution in [0.5, 0.6) is 0 Å². The van der Waals surface area contributed by atoms with E-state index in [1.54, 1.807) is 35.5 Å². The number of nitrogens with one attached hydrogen (secondary N) is 1. The fourth-order valence-electron chi connectivity index (χ4n) is 3.10. The Morgan fingerprint density at radius 1 is 1.38 bits per heavy atom. The van der Waals surface area contributed by atoms with Crippen LogP contribution in [0.25, 0.3) is 10.1 Å². The van der Waals surface area contributed by atoms with E-state index in [2.05, 4.69) is 5.32 Å². The summed E-state index contributed by atoms with van der Waals surface area (Å²) >= 11 is 1.31. The van der Waals surface area contributed by atoms with Crippen molar-refractivity contribution >= 4 is 49.8 Å². The predicted molar refractivity (Wildman–Crippen MR) is 106 cm³/mol. The molecule has 1 aliphatic rings. The van der Waals surface area contributed by atoms with E-state index in [0.29, 0.717) is 30.5 Å². The number of sulfonamides is 1. The van der Waals surface area contributed by atoms with Gasteiger partial charge in [0, 0.05) is 17.8 Å². The molecule has 0 bridgehead atoms. The second kappa shape index (κ2) is 8.67. The lowest BCUT2D eigenvalue weighted by Crippen LogP contribution is -2.30. The minimum absolute atomic E-state index is 0. The molecule has 1 aliphatic heterocycles. The van der Waals surface area contributed by atoms with E-state index < -0.39 is 10.0 Å². The molecule has 26 heavy (non-hydrogen) atoms. The summed E-state index contributed by atoms with van der Waals surface area (Å²) in [6.07, 6.45) is 0.869. The lowest BCUT2D eigenvalue weighted by molar-refractivity contribution is 0.0532. The van der Waals surface area contributed by atoms with Gasteiger partial charge in [0.1, 0.15) is 4.88 Å². The monoisotopic (exact) mass is 418 g/mol. The first-order chi connectivity index (χ1) is 12.0. The number of ether oxygens (including phenoxy) is 1. The molecule has 1 atom stereocenters. The van der Waals surface area contributed by atoms with Crippen molar-refractivity contribution in [3.63, 3.8) is 0 Å². The number of benzene rings is 1. The van der Waals surface area contributed by atoms with E-state index in [1.165, 1.54) is 11.3 Å². The van der Waals surface area contributed by atoms with Crippen LogP contribution in [0.15, 0.2) is 29.2 Å². The van der Waals surface area contributed by atoms with Crippen LogP contribution >= 0.6 is 23.7 Å². The predicted octanol–water partition coefficient (Wildman–Crippen LogP) is 2.73. The third-order valence-electron chi connectivity index (χ3n) is 4.34. The highest BCUT2D eigenvalue weighted by Crippen LogP contribution is 2.31. The van der Waals surface area contributed by atoms with Gasteiger partial charge in [-0.15, -0.1) is 23.7 Å². The highest BCUT2D eigenvalue weighted by atomic mass is 35.5. The molecule has 0 radical (unpaired) electrons. The number of esters is 1. The van der Waals surface area contributed by atoms with Crippen molar-refractivity contribution in [2.75, 3.05) is 33.3 Å². The maximum absolute atomic E-state index is 12.9. The average molecular weight is 419 g/mol. The number of fused-ring (bicyclic) bond motifs is 1. The Morgan fingerprint density at radius 3 is 2.85 bits per heavy atom. The standard InChI is InChI=1S/C17H22N2O4S2.ClH/c1-3-23-17(20)16-9-13-8-14(4-5-15(13)24-16)25(21,22)19-7-6-12(11-19)10-18-2;/h4-5,8-9,12,18H,3,6-7,10-11H2,1-2H3;1H. The lowest BCUT2D eigenvalue weighted by atomic mass is 10.1. The molecule has 144 valence electrons. The Balaban J connectivity index is 0.00000243. The second-order valence-corrected chi connectivity index (χ2v) is 9.13. The van der Waals surface area contributed by atoms with Crippen LogP contribution in [0.1, 0.15) is 23.0 Å². The van der Waals surface area contributed by atoms with Crippen LogP contribution in [0.4, 0.5) is 0 Å². The summed E-state index contributed by atoms with van der Waals surface area (Å²) in [6.45, 7) is 3.98. The van der Waals surface area contributed by atoms with E-state index in [0.717, 1.165) is 23.1 Å². The quantitative estimate of drug-likeness (QED) is 0.730. The van der Waals surface area contributed by atoms with Gasteiger partial charge in [-0.3, -0.25) is 0 Å². The van der Waals surface area contributed by atoms with Gasteiger partial charge in [0.2, 0.25) is 10.0 Å². The van der Waals surface area contributed by atoms with Crippen LogP contribution < -0.4 is 5.32 Å². The Labute approximate surface area is 164 Å². The van der Waals surface area contributed by atoms with E-state index in [4.69, 9.17) is 4.74 Å². The Kier molecular flexibility index (Phi) is 7.04. The zero-order chi connectivity index (χ0) is 18.0. The Hall–Kier alpha value is -1.19. The number of hydrogen-bond donors (Lipinski definition) is 1. The topological polar surface area (TPSA) is 75.7 Å². The summed E-state index contributed by atoms with van der Waals surface area (Å²) in [5.74, 6) is -0.0253. The first-order valence-corrected chi connectivity index (χ1v) is 10.6. The number of carbonyl (C=O) groups excluding carboxylic acids is 1. The molecule has 0 amide bonds. The van der Waals surface area contributed by atoms with Crippen LogP contribution in [0, 0.1) is 5.92 Å². The largest absolute Gasteiger partial charge is 0.462 e. The Morgan fingerprint density at radius 2 is 2.15 bits per heavy atom. The molecule has 2 aromatic rings. The molecule has 1 N–H and O–H groups in total. The Bertz CT molecular complexity index is 882. The number of carbonyl (C=O) groups is 1. The zero-order valence-electron chi connectivity index (χ0n) is 14.7. The summed E-state index contributed by atoms with van der Waals surface area (Å²) in [7, 11) is -1.63. The highest BCUT2D eigenvalue weighted by molar-refractivity contribution is 7.89. The van der Waals surface area contributed by atoms with Gasteiger partial charge < -0.3 is 10.1 Å². The van der Waals surface area contributed by atoms with Crippen molar-refractivity contribution in [2.24, 2.45) is 5.92 Å². The number of halogens is 1. The molecule has 0 spiro atoms. The van der Waals surface area contributed by atoms with Crippen molar-refractivity contribution in [1.82, 2.24) is 9.62 Å². The van der Waals surface area contributed by atoms with E-state index >= 15 is 0 Å². The first kappa shape index (κ1) is 21.1. The third kappa shape index (κ3) is 4.20. The molecule has 0 aliphatic carbocycles. The van der Waals surface area contributed by atoms with Crippen molar-refractivity contribution in [1.29, 1.82) is 0 Å². The number of nitrogens with zero attached hydrogens (tertiary/aromatic N) is 1. The van der Waals surface area contributed by atoms with Gasteiger partial charge in [0.25, 0.3) is 0 Å². The van der Waals surface area contributed by atoms with Gasteiger partial charge >= 0.3 is 5.97 Å². The molecule has 1 unspecified atom stereocenters. The maximum atomic E-state index is 12.9. The van der Waals surface area contributed by atoms with Gasteiger partial charge in [-0.25, -0.2) is 13.2 Å². The smallest absolute Gasteiger partial charge is 0.348 e. The van der Waals surface area contributed by atoms with Gasteiger partial charge in [0.15, 0.2) is 0 Å². The van der Waals surface area contributed by atoms with Crippen LogP contribution in [0.2, 0.25) is 0 Å². The molecular formula is C17H23ClN2O4S2. The number of hydrogen-bond acceptors (Lipinski definition) is 6. The second-order valence-electron chi connectivity index (χ2n) is 6.11. The summed E-state index contributed by atoms with van der Waals surface area (Å²) < 4.78 is 33.2. The van der Waals surface area contributed by atoms with E-state index in [1.807, 2.05) is 7.05 Å². The molecule has 3 rings (SSSR count). The van der Waals surface area contributed by atoms with Crippen molar-refractivity contribution < 1.29 is 17.9 Å². The molecule has 9 heteroatoms. The molecular weight excluding hydrogens is 396 g/mol. The molecule has 1 aromatic heterocycles. The maximum Gasteiger partial charge on any atom is 0.348 e. The summed E-state index contributed by atoms with van der Waals surface area (Å²) in [5.41, 5.74) is 0. The minimum Gasteiger partial charge on any atom is -0.462 e. The normalized spacial score (nSPS) is 18.0. The number of rotatable bonds is 6. The zero-order valence-corrected chi connectivity index (χ0v) is 17.2. The minimum atomic E-state index is -3.51. The van der Waals surface area contributed by atoms with Crippen molar-refractivity contribution in [3.05, 3.63) is 29.1 Å². The molecule has 2 heterocycles. The van der Waals surface area contributed by atoms with Crippen LogP contribution in [0.3, 0.4) is 0 Å². The summed E-state index contributed by atoms with van der Waals surface area (Å²) in [4.78, 5) is 12.6. The molecule has 6 nitrogen and oxygen atoms in total. The van der Waals surface area contributed by atoms with Crippen molar-refractivity contribution in [2.45, 2.75) is 18.2 Å². The fraction of sp³-hybridized carbons (Fsp3) is 0.471. The average Bonchev–Trinajstić information content (AvgIpc) is 3.21. The molecule has 1 saturated heterocycles. The summed E-state index contributed by atoms with van der Waals surface area (Å²) in [5, 5.41) is 3.86. The van der Waals surface area contributed by atoms with Crippen LogP contribution in [-0.4, -0.2) is 52.0 Å². The first-order valence-electron chi connectivity index (χ1n) is 8.31. The van der Waals surface area contributed by atoms with Gasteiger partial charge in [0.05, 0.1) is 11.5 Å². The third-order valence-corrected chi connectivity index (χ3v) is 7.30. The highest BCUT2D eigenvalue weighted by Gasteiger charge is 2.32. The molecule has 1 fully saturated rings. The van der Waals surface area contributed by atoms with Crippen LogP contribution in [-0.2, 0) is 14.8 Å². The lowest BCUT2D eigenvalue weighted by Gasteiger charge is -2.16. The molecule has 1 aromatic carbocycles. The van der Waals surface area contributed by atoms with Gasteiger partial charge in [-0.2, -0.15) is 4.31 Å². The van der Waals surface area contributed by atoms with Crippen molar-refractivity contribution in [3.8, 4) is 0 Å². The summed E-state index contributed by atoms with van der Waals surface area (Å²) in [6, 6.07) is 6.73. The SMILES string of the molecule is CCOC(=O)c1cc2cc(S(=O)(=O)N3CCC(CNC)C3)ccc2s1.Cl. The fourth-order valence-corrected chi connectivity index (χ4v) is 5.61. The van der Waals surface area contributed by atoms with Gasteiger partial charge in [-0.1, -0.05) is 0 Å². The van der Waals surface area contributed by atoms with E-state index in [9.17, 15) is 13.2 Å². The van der Waals surface area contributed by atoms with Gasteiger partial charge in [-0.05, 0) is 62.5 Å². The molecule has 0 saturated carbocycles. The van der Waals surface area contributed by atoms with E-state index in [-0.39, 0.29) is 23.3 Å².